The van der Waals surface area contributed by atoms with Crippen molar-refractivity contribution in [1.29, 1.82) is 0 Å². The number of carbonyl (C=O) groups excluding carboxylic acids is 2. The maximum atomic E-state index is 10.7. The number of carbonyl (C=O) groups is 4. The molecule has 0 rings (SSSR count). The molecule has 0 aliphatic heterocycles. The van der Waals surface area contributed by atoms with Crippen molar-refractivity contribution in [2.45, 2.75) is 26.7 Å². The third-order valence-electron chi connectivity index (χ3n) is 2.37. The fourth-order valence-corrected chi connectivity index (χ4v) is 1.07. The second-order valence-corrected chi connectivity index (χ2v) is 4.23. The molecule has 2 atom stereocenters. The van der Waals surface area contributed by atoms with E-state index in [-0.39, 0.29) is 24.7 Å². The highest BCUT2D eigenvalue weighted by molar-refractivity contribution is 5.82. The number of aliphatic carboxylic acids is 2. The quantitative estimate of drug-likeness (QED) is 0.530. The monoisotopic (exact) mass is 290 g/mol. The lowest BCUT2D eigenvalue weighted by Gasteiger charge is -2.04. The van der Waals surface area contributed by atoms with Gasteiger partial charge in [-0.25, -0.2) is 0 Å². The number of nitrogens with one attached hydrogen (secondary N) is 2. The number of carboxylic acids is 2. The Morgan fingerprint density at radius 2 is 1.40 bits per heavy atom. The van der Waals surface area contributed by atoms with E-state index >= 15 is 0 Å². The zero-order chi connectivity index (χ0) is 16.3. The highest BCUT2D eigenvalue weighted by Gasteiger charge is 2.14. The van der Waals surface area contributed by atoms with E-state index in [2.05, 4.69) is 10.6 Å². The third-order valence-corrected chi connectivity index (χ3v) is 2.37. The number of amides is 2. The van der Waals surface area contributed by atoms with E-state index in [4.69, 9.17) is 10.2 Å². The molecule has 116 valence electrons. The van der Waals surface area contributed by atoms with Crippen LogP contribution in [0, 0.1) is 11.8 Å². The molecular formula is C12H22N2O6. The summed E-state index contributed by atoms with van der Waals surface area (Å²) < 4.78 is 0. The minimum Gasteiger partial charge on any atom is -0.481 e. The normalized spacial score (nSPS) is 12.2. The smallest absolute Gasteiger partial charge is 0.306 e. The molecule has 0 aromatic rings. The molecule has 8 nitrogen and oxygen atoms in total. The van der Waals surface area contributed by atoms with Crippen molar-refractivity contribution in [3.05, 3.63) is 0 Å². The number of carboxylic acid groups (broad SMARTS) is 2. The first-order valence-corrected chi connectivity index (χ1v) is 6.02. The van der Waals surface area contributed by atoms with Crippen LogP contribution in [0.2, 0.25) is 0 Å². The van der Waals surface area contributed by atoms with Crippen LogP contribution in [0.25, 0.3) is 0 Å². The standard InChI is InChI=1S/2C6H11NO3/c1-4(3-5(8)9)6(10)7-2;1-4(6(9)10)3-5(8)7-2/h4H,3H2,1-2H3,(H,7,10)(H,8,9);4H,3H2,1-2H3,(H,7,8)(H,9,10). The average molecular weight is 290 g/mol. The summed E-state index contributed by atoms with van der Waals surface area (Å²) >= 11 is 0. The van der Waals surface area contributed by atoms with Gasteiger partial charge in [0, 0.05) is 26.4 Å². The number of hydrogen-bond donors (Lipinski definition) is 4. The van der Waals surface area contributed by atoms with Gasteiger partial charge in [-0.15, -0.1) is 0 Å². The summed E-state index contributed by atoms with van der Waals surface area (Å²) in [5.74, 6) is -3.40. The lowest BCUT2D eigenvalue weighted by Crippen LogP contribution is -2.26. The van der Waals surface area contributed by atoms with Crippen molar-refractivity contribution in [1.82, 2.24) is 10.6 Å². The molecule has 2 unspecified atom stereocenters. The first-order valence-electron chi connectivity index (χ1n) is 6.02. The largest absolute Gasteiger partial charge is 0.481 e. The van der Waals surface area contributed by atoms with Gasteiger partial charge in [-0.1, -0.05) is 13.8 Å². The third kappa shape index (κ3) is 11.0. The molecule has 0 bridgehead atoms. The molecule has 0 spiro atoms. The Kier molecular flexibility index (Phi) is 10.9. The van der Waals surface area contributed by atoms with Crippen molar-refractivity contribution < 1.29 is 29.4 Å². The zero-order valence-electron chi connectivity index (χ0n) is 12.1. The van der Waals surface area contributed by atoms with E-state index in [0.29, 0.717) is 0 Å². The lowest BCUT2D eigenvalue weighted by molar-refractivity contribution is -0.143. The molecule has 0 aliphatic rings. The molecule has 2 amide bonds. The van der Waals surface area contributed by atoms with Gasteiger partial charge in [0.2, 0.25) is 11.8 Å². The van der Waals surface area contributed by atoms with Gasteiger partial charge in [-0.05, 0) is 0 Å². The van der Waals surface area contributed by atoms with Crippen LogP contribution < -0.4 is 10.6 Å². The SMILES string of the molecule is CNC(=O)C(C)CC(=O)O.CNC(=O)CC(C)C(=O)O. The van der Waals surface area contributed by atoms with Crippen LogP contribution >= 0.6 is 0 Å². The summed E-state index contributed by atoms with van der Waals surface area (Å²) in [7, 11) is 2.97. The lowest BCUT2D eigenvalue weighted by atomic mass is 10.1. The van der Waals surface area contributed by atoms with Crippen LogP contribution in [0.1, 0.15) is 26.7 Å². The van der Waals surface area contributed by atoms with Crippen molar-refractivity contribution in [2.24, 2.45) is 11.8 Å². The predicted octanol–water partition coefficient (Wildman–Crippen LogP) is -0.314. The van der Waals surface area contributed by atoms with Crippen LogP contribution in [-0.2, 0) is 19.2 Å². The van der Waals surface area contributed by atoms with Gasteiger partial charge in [-0.2, -0.15) is 0 Å². The summed E-state index contributed by atoms with van der Waals surface area (Å²) in [5.41, 5.74) is 0. The molecule has 8 heteroatoms. The highest BCUT2D eigenvalue weighted by atomic mass is 16.4. The van der Waals surface area contributed by atoms with Crippen LogP contribution in [0.15, 0.2) is 0 Å². The average Bonchev–Trinajstić information content (AvgIpc) is 2.37. The van der Waals surface area contributed by atoms with Gasteiger partial charge >= 0.3 is 11.9 Å². The summed E-state index contributed by atoms with van der Waals surface area (Å²) in [5, 5.41) is 21.3. The van der Waals surface area contributed by atoms with Crippen molar-refractivity contribution in [3.8, 4) is 0 Å². The highest BCUT2D eigenvalue weighted by Crippen LogP contribution is 2.00. The van der Waals surface area contributed by atoms with Crippen LogP contribution in [0.4, 0.5) is 0 Å². The second kappa shape index (κ2) is 10.8. The Morgan fingerprint density at radius 3 is 1.70 bits per heavy atom. The molecule has 20 heavy (non-hydrogen) atoms. The van der Waals surface area contributed by atoms with Crippen molar-refractivity contribution >= 4 is 23.8 Å². The van der Waals surface area contributed by atoms with Crippen LogP contribution in [0.5, 0.6) is 0 Å². The molecule has 0 saturated heterocycles. The van der Waals surface area contributed by atoms with Crippen LogP contribution in [0.3, 0.4) is 0 Å². The molecule has 4 N–H and O–H groups in total. The summed E-state index contributed by atoms with van der Waals surface area (Å²) in [4.78, 5) is 41.4. The minimum atomic E-state index is -0.948. The van der Waals surface area contributed by atoms with Gasteiger partial charge < -0.3 is 20.8 Å². The summed E-state index contributed by atoms with van der Waals surface area (Å²) in [6.07, 6.45) is -0.0640. The van der Waals surface area contributed by atoms with E-state index in [1.54, 1.807) is 6.92 Å². The molecule has 0 aliphatic carbocycles. The molecule has 0 aromatic heterocycles. The van der Waals surface area contributed by atoms with E-state index in [1.165, 1.54) is 21.0 Å². The Bertz CT molecular complexity index is 356. The Morgan fingerprint density at radius 1 is 0.900 bits per heavy atom. The Balaban J connectivity index is 0. The summed E-state index contributed by atoms with van der Waals surface area (Å²) in [6, 6.07) is 0. The first kappa shape index (κ1) is 20.2. The van der Waals surface area contributed by atoms with Crippen molar-refractivity contribution in [2.75, 3.05) is 14.1 Å². The molecule has 0 saturated carbocycles. The molecule has 0 heterocycles. The molecule has 0 aromatic carbocycles. The molecular weight excluding hydrogens is 268 g/mol. The van der Waals surface area contributed by atoms with E-state index in [1.807, 2.05) is 0 Å². The molecule has 0 radical (unpaired) electrons. The van der Waals surface area contributed by atoms with E-state index in [0.717, 1.165) is 0 Å². The topological polar surface area (TPSA) is 133 Å². The Labute approximate surface area is 117 Å². The van der Waals surface area contributed by atoms with Crippen LogP contribution in [-0.4, -0.2) is 48.1 Å². The van der Waals surface area contributed by atoms with Gasteiger partial charge in [0.05, 0.1) is 12.3 Å². The predicted molar refractivity (Wildman–Crippen MR) is 71.0 cm³/mol. The maximum absolute atomic E-state index is 10.7. The first-order chi connectivity index (χ1) is 9.15. The van der Waals surface area contributed by atoms with Gasteiger partial charge in [-0.3, -0.25) is 19.2 Å². The maximum Gasteiger partial charge on any atom is 0.306 e. The zero-order valence-corrected chi connectivity index (χ0v) is 12.1. The number of hydrogen-bond acceptors (Lipinski definition) is 4. The van der Waals surface area contributed by atoms with Gasteiger partial charge in [0.25, 0.3) is 0 Å². The van der Waals surface area contributed by atoms with Gasteiger partial charge in [0.15, 0.2) is 0 Å². The van der Waals surface area contributed by atoms with E-state index in [9.17, 15) is 19.2 Å². The second-order valence-electron chi connectivity index (χ2n) is 4.23. The minimum absolute atomic E-state index is 0.0475. The Hall–Kier alpha value is -2.12. The van der Waals surface area contributed by atoms with Gasteiger partial charge in [0.1, 0.15) is 0 Å². The fourth-order valence-electron chi connectivity index (χ4n) is 1.07. The fraction of sp³-hybridized carbons (Fsp3) is 0.667. The summed E-state index contributed by atoms with van der Waals surface area (Å²) in [6.45, 7) is 3.07. The van der Waals surface area contributed by atoms with Crippen molar-refractivity contribution in [3.63, 3.8) is 0 Å². The number of rotatable bonds is 6. The molecule has 0 fully saturated rings. The van der Waals surface area contributed by atoms with E-state index < -0.39 is 23.8 Å².